The van der Waals surface area contributed by atoms with Crippen LogP contribution in [-0.2, 0) is 32.0 Å². The van der Waals surface area contributed by atoms with Crippen LogP contribution in [0.25, 0.3) is 0 Å². The van der Waals surface area contributed by atoms with Crippen molar-refractivity contribution in [2.24, 2.45) is 5.92 Å². The van der Waals surface area contributed by atoms with Crippen molar-refractivity contribution in [2.75, 3.05) is 19.7 Å². The third-order valence-corrected chi connectivity index (χ3v) is 6.97. The second-order valence-corrected chi connectivity index (χ2v) is 10.9. The SMILES string of the molecule is C=CC1CC1N(C(=O)OCC)C(=O)C1CC(OC(=O)N2CCc3ccccc3C2)CN1C(=O)OC(C)(C)C. The minimum atomic E-state index is -1.04. The fourth-order valence-corrected chi connectivity index (χ4v) is 5.00. The molecule has 10 nitrogen and oxygen atoms in total. The molecule has 3 aliphatic rings. The first-order valence-electron chi connectivity index (χ1n) is 13.2. The summed E-state index contributed by atoms with van der Waals surface area (Å²) >= 11 is 0. The van der Waals surface area contributed by atoms with Crippen LogP contribution < -0.4 is 0 Å². The number of likely N-dealkylation sites (tertiary alicyclic amines) is 1. The molecule has 4 unspecified atom stereocenters. The van der Waals surface area contributed by atoms with Gasteiger partial charge in [-0.15, -0.1) is 6.58 Å². The molecule has 0 aromatic heterocycles. The second-order valence-electron chi connectivity index (χ2n) is 10.9. The number of carbonyl (C=O) groups is 4. The molecule has 0 radical (unpaired) electrons. The average Bonchev–Trinajstić information content (AvgIpc) is 3.51. The van der Waals surface area contributed by atoms with Gasteiger partial charge in [0.05, 0.1) is 19.2 Å². The molecule has 2 heterocycles. The first kappa shape index (κ1) is 27.5. The molecule has 206 valence electrons. The topological polar surface area (TPSA) is 106 Å². The van der Waals surface area contributed by atoms with E-state index in [2.05, 4.69) is 12.6 Å². The van der Waals surface area contributed by atoms with Gasteiger partial charge >= 0.3 is 18.3 Å². The van der Waals surface area contributed by atoms with Gasteiger partial charge in [-0.25, -0.2) is 19.3 Å². The number of rotatable bonds is 5. The normalized spacial score (nSPS) is 24.2. The minimum absolute atomic E-state index is 0.0201. The number of hydrogen-bond donors (Lipinski definition) is 0. The van der Waals surface area contributed by atoms with E-state index in [0.717, 1.165) is 16.9 Å². The molecule has 4 atom stereocenters. The van der Waals surface area contributed by atoms with Crippen LogP contribution in [0.15, 0.2) is 36.9 Å². The minimum Gasteiger partial charge on any atom is -0.449 e. The van der Waals surface area contributed by atoms with Crippen LogP contribution in [-0.4, -0.2) is 82.4 Å². The number of benzene rings is 1. The van der Waals surface area contributed by atoms with Crippen LogP contribution in [0.2, 0.25) is 0 Å². The van der Waals surface area contributed by atoms with Crippen molar-refractivity contribution in [3.63, 3.8) is 0 Å². The molecule has 1 aromatic rings. The standard InChI is InChI=1S/C28H37N3O7/c1-6-18-14-22(18)31(27(35)36-7-2)24(32)23-15-21(17-30(23)26(34)38-28(3,4)5)37-25(33)29-13-12-19-10-8-9-11-20(19)16-29/h6,8-11,18,21-23H,1,7,12-17H2,2-5H3. The Hall–Kier alpha value is -3.56. The van der Waals surface area contributed by atoms with Crippen molar-refractivity contribution < 1.29 is 33.4 Å². The molecule has 0 bridgehead atoms. The van der Waals surface area contributed by atoms with Crippen molar-refractivity contribution in [3.8, 4) is 0 Å². The third kappa shape index (κ3) is 6.11. The Balaban J connectivity index is 1.51. The molecule has 4 amide bonds. The predicted molar refractivity (Wildman–Crippen MR) is 138 cm³/mol. The number of hydrogen-bond acceptors (Lipinski definition) is 7. The van der Waals surface area contributed by atoms with E-state index in [1.54, 1.807) is 38.7 Å². The van der Waals surface area contributed by atoms with Gasteiger partial charge in [0.15, 0.2) is 0 Å². The van der Waals surface area contributed by atoms with Gasteiger partial charge in [0.2, 0.25) is 0 Å². The maximum Gasteiger partial charge on any atom is 0.416 e. The molecule has 2 aliphatic heterocycles. The highest BCUT2D eigenvalue weighted by molar-refractivity contribution is 5.97. The summed E-state index contributed by atoms with van der Waals surface area (Å²) < 4.78 is 16.5. The van der Waals surface area contributed by atoms with Crippen LogP contribution in [0.5, 0.6) is 0 Å². The van der Waals surface area contributed by atoms with Gasteiger partial charge in [-0.05, 0) is 57.6 Å². The zero-order chi connectivity index (χ0) is 27.6. The van der Waals surface area contributed by atoms with Gasteiger partial charge in [-0.3, -0.25) is 9.69 Å². The van der Waals surface area contributed by atoms with E-state index in [9.17, 15) is 19.2 Å². The summed E-state index contributed by atoms with van der Waals surface area (Å²) in [5.41, 5.74) is 1.47. The average molecular weight is 528 g/mol. The number of fused-ring (bicyclic) bond motifs is 1. The summed E-state index contributed by atoms with van der Waals surface area (Å²) in [4.78, 5) is 56.7. The number of imide groups is 1. The molecule has 1 aromatic carbocycles. The molecule has 2 fully saturated rings. The van der Waals surface area contributed by atoms with E-state index in [-0.39, 0.29) is 31.5 Å². The molecular weight excluding hydrogens is 490 g/mol. The highest BCUT2D eigenvalue weighted by Crippen LogP contribution is 2.38. The van der Waals surface area contributed by atoms with Crippen LogP contribution in [0.3, 0.4) is 0 Å². The van der Waals surface area contributed by atoms with Crippen LogP contribution >= 0.6 is 0 Å². The molecule has 0 N–H and O–H groups in total. The van der Waals surface area contributed by atoms with Crippen LogP contribution in [0, 0.1) is 5.92 Å². The number of ether oxygens (including phenoxy) is 3. The van der Waals surface area contributed by atoms with E-state index < -0.39 is 41.9 Å². The Morgan fingerprint density at radius 3 is 2.45 bits per heavy atom. The molecule has 4 rings (SSSR count). The lowest BCUT2D eigenvalue weighted by Crippen LogP contribution is -2.52. The summed E-state index contributed by atoms with van der Waals surface area (Å²) in [6.07, 6.45) is 0.354. The lowest BCUT2D eigenvalue weighted by atomic mass is 10.0. The molecule has 10 heteroatoms. The molecule has 1 saturated heterocycles. The summed E-state index contributed by atoms with van der Waals surface area (Å²) in [6, 6.07) is 6.53. The highest BCUT2D eigenvalue weighted by Gasteiger charge is 2.52. The number of amides is 4. The second kappa shape index (κ2) is 11.0. The Labute approximate surface area is 223 Å². The van der Waals surface area contributed by atoms with Crippen molar-refractivity contribution in [2.45, 2.75) is 77.3 Å². The lowest BCUT2D eigenvalue weighted by molar-refractivity contribution is -0.134. The van der Waals surface area contributed by atoms with Gasteiger partial charge < -0.3 is 19.1 Å². The van der Waals surface area contributed by atoms with Gasteiger partial charge in [0, 0.05) is 19.5 Å². The fourth-order valence-electron chi connectivity index (χ4n) is 5.00. The van der Waals surface area contributed by atoms with Crippen LogP contribution in [0.1, 0.15) is 51.7 Å². The van der Waals surface area contributed by atoms with Crippen molar-refractivity contribution >= 4 is 24.2 Å². The van der Waals surface area contributed by atoms with E-state index in [4.69, 9.17) is 14.2 Å². The lowest BCUT2D eigenvalue weighted by Gasteiger charge is -2.30. The largest absolute Gasteiger partial charge is 0.449 e. The molecule has 1 saturated carbocycles. The summed E-state index contributed by atoms with van der Waals surface area (Å²) in [6.45, 7) is 11.7. The monoisotopic (exact) mass is 527 g/mol. The summed E-state index contributed by atoms with van der Waals surface area (Å²) in [5.74, 6) is -0.607. The van der Waals surface area contributed by atoms with E-state index >= 15 is 0 Å². The zero-order valence-electron chi connectivity index (χ0n) is 22.6. The zero-order valence-corrected chi connectivity index (χ0v) is 22.6. The Bertz CT molecular complexity index is 1100. The van der Waals surface area contributed by atoms with E-state index in [1.165, 1.54) is 10.5 Å². The first-order chi connectivity index (χ1) is 18.0. The fraction of sp³-hybridized carbons (Fsp3) is 0.571. The molecule has 38 heavy (non-hydrogen) atoms. The Kier molecular flexibility index (Phi) is 7.99. The Morgan fingerprint density at radius 1 is 1.11 bits per heavy atom. The smallest absolute Gasteiger partial charge is 0.416 e. The highest BCUT2D eigenvalue weighted by atomic mass is 16.6. The number of nitrogens with zero attached hydrogens (tertiary/aromatic N) is 3. The van der Waals surface area contributed by atoms with Gasteiger partial charge in [0.1, 0.15) is 17.7 Å². The third-order valence-electron chi connectivity index (χ3n) is 6.97. The Morgan fingerprint density at radius 2 is 1.82 bits per heavy atom. The quantitative estimate of drug-likeness (QED) is 0.419. The summed E-state index contributed by atoms with van der Waals surface area (Å²) in [5, 5.41) is 0. The molecule has 0 spiro atoms. The van der Waals surface area contributed by atoms with Crippen LogP contribution in [0.4, 0.5) is 14.4 Å². The van der Waals surface area contributed by atoms with Gasteiger partial charge in [-0.1, -0.05) is 30.3 Å². The van der Waals surface area contributed by atoms with Crippen molar-refractivity contribution in [1.82, 2.24) is 14.7 Å². The molecular formula is C28H37N3O7. The summed E-state index contributed by atoms with van der Waals surface area (Å²) in [7, 11) is 0. The maximum absolute atomic E-state index is 13.7. The molecule has 1 aliphatic carbocycles. The van der Waals surface area contributed by atoms with E-state index in [1.807, 2.05) is 18.2 Å². The maximum atomic E-state index is 13.7. The van der Waals surface area contributed by atoms with Crippen molar-refractivity contribution in [3.05, 3.63) is 48.0 Å². The van der Waals surface area contributed by atoms with Crippen molar-refractivity contribution in [1.29, 1.82) is 0 Å². The first-order valence-corrected chi connectivity index (χ1v) is 13.2. The van der Waals surface area contributed by atoms with E-state index in [0.29, 0.717) is 19.5 Å². The van der Waals surface area contributed by atoms with Gasteiger partial charge in [0.25, 0.3) is 5.91 Å². The predicted octanol–water partition coefficient (Wildman–Crippen LogP) is 4.12. The number of carbonyl (C=O) groups excluding carboxylic acids is 4. The van der Waals surface area contributed by atoms with Gasteiger partial charge in [-0.2, -0.15) is 0 Å².